The van der Waals surface area contributed by atoms with E-state index >= 15 is 0 Å². The fourth-order valence-corrected chi connectivity index (χ4v) is 1.91. The Morgan fingerprint density at radius 1 is 1.25 bits per heavy atom. The predicted octanol–water partition coefficient (Wildman–Crippen LogP) is 4.17. The Labute approximate surface area is 111 Å². The normalized spacial score (nSPS) is 14.7. The highest BCUT2D eigenvalue weighted by Crippen LogP contribution is 2.42. The summed E-state index contributed by atoms with van der Waals surface area (Å²) in [6, 6.07) is 3.55. The molecule has 104 valence electrons. The first kappa shape index (κ1) is 13.9. The first-order valence-corrected chi connectivity index (χ1v) is 5.56. The molecule has 2 aliphatic heterocycles. The van der Waals surface area contributed by atoms with Crippen LogP contribution in [-0.2, 0) is 0 Å². The van der Waals surface area contributed by atoms with Crippen LogP contribution in [-0.4, -0.2) is 13.8 Å². The van der Waals surface area contributed by atoms with E-state index in [0.717, 1.165) is 23.5 Å². The van der Waals surface area contributed by atoms with Gasteiger partial charge in [-0.2, -0.15) is 0 Å². The minimum Gasteiger partial charge on any atom is -0.461 e. The molecule has 9 heteroatoms. The third-order valence-corrected chi connectivity index (χ3v) is 2.57. The maximum atomic E-state index is 9.75. The molecule has 0 spiro atoms. The first-order valence-electron chi connectivity index (χ1n) is 5.56. The summed E-state index contributed by atoms with van der Waals surface area (Å²) in [5, 5.41) is 8.88. The molecule has 0 atom stereocenters. The van der Waals surface area contributed by atoms with E-state index < -0.39 is 7.25 Å². The van der Waals surface area contributed by atoms with Gasteiger partial charge in [0.25, 0.3) is 0 Å². The van der Waals surface area contributed by atoms with Gasteiger partial charge in [-0.15, -0.1) is 0 Å². The SMILES string of the molecule is F[B-](F)(F)F.N#[N+]c1ccc2c3c1C=CCN3C=CO2. The van der Waals surface area contributed by atoms with E-state index in [1.165, 1.54) is 0 Å². The summed E-state index contributed by atoms with van der Waals surface area (Å²) in [6.45, 7) is 0.814. The number of hydrogen-bond acceptors (Lipinski definition) is 3. The number of rotatable bonds is 0. The van der Waals surface area contributed by atoms with Crippen molar-refractivity contribution in [3.05, 3.63) is 41.2 Å². The van der Waals surface area contributed by atoms with Crippen molar-refractivity contribution in [2.75, 3.05) is 11.4 Å². The van der Waals surface area contributed by atoms with Crippen molar-refractivity contribution in [2.45, 2.75) is 0 Å². The Kier molecular flexibility index (Phi) is 3.65. The Bertz CT molecular complexity index is 615. The molecular weight excluding hydrogens is 277 g/mol. The Balaban J connectivity index is 0.000000257. The van der Waals surface area contributed by atoms with E-state index in [9.17, 15) is 17.3 Å². The van der Waals surface area contributed by atoms with Crippen LogP contribution in [0.5, 0.6) is 5.75 Å². The zero-order valence-corrected chi connectivity index (χ0v) is 10.0. The van der Waals surface area contributed by atoms with Crippen molar-refractivity contribution in [1.29, 1.82) is 5.39 Å². The second kappa shape index (κ2) is 5.24. The molecule has 2 heterocycles. The van der Waals surface area contributed by atoms with Gasteiger partial charge in [0.15, 0.2) is 10.7 Å². The van der Waals surface area contributed by atoms with E-state index in [1.807, 2.05) is 24.4 Å². The number of nitrogens with zero attached hydrogens (tertiary/aromatic N) is 3. The molecule has 1 aromatic rings. The van der Waals surface area contributed by atoms with Gasteiger partial charge in [0.1, 0.15) is 6.26 Å². The van der Waals surface area contributed by atoms with Gasteiger partial charge >= 0.3 is 12.9 Å². The number of anilines is 1. The van der Waals surface area contributed by atoms with E-state index in [-0.39, 0.29) is 0 Å². The molecule has 0 unspecified atom stereocenters. The van der Waals surface area contributed by atoms with Crippen molar-refractivity contribution in [3.8, 4) is 5.75 Å². The van der Waals surface area contributed by atoms with Crippen LogP contribution in [0.2, 0.25) is 0 Å². The van der Waals surface area contributed by atoms with Gasteiger partial charge in [-0.3, -0.25) is 0 Å². The molecule has 2 aliphatic rings. The zero-order valence-electron chi connectivity index (χ0n) is 10.0. The Morgan fingerprint density at radius 3 is 2.60 bits per heavy atom. The molecule has 0 bridgehead atoms. The van der Waals surface area contributed by atoms with Gasteiger partial charge in [0, 0.05) is 18.8 Å². The summed E-state index contributed by atoms with van der Waals surface area (Å²) in [5.41, 5.74) is 2.43. The van der Waals surface area contributed by atoms with Crippen LogP contribution in [0.4, 0.5) is 28.6 Å². The summed E-state index contributed by atoms with van der Waals surface area (Å²) in [5.74, 6) is 0.796. The van der Waals surface area contributed by atoms with Gasteiger partial charge in [-0.1, -0.05) is 6.08 Å². The summed E-state index contributed by atoms with van der Waals surface area (Å²) in [6.07, 6.45) is 7.50. The van der Waals surface area contributed by atoms with Crippen LogP contribution < -0.4 is 9.64 Å². The number of ether oxygens (including phenoxy) is 1. The van der Waals surface area contributed by atoms with Crippen LogP contribution >= 0.6 is 0 Å². The van der Waals surface area contributed by atoms with Crippen LogP contribution in [0.1, 0.15) is 5.56 Å². The standard InChI is InChI=1S/C11H8N3O.BF4/c12-13-9-3-4-10-11-8(9)2-1-5-14(11)6-7-15-10;2-1(3,4)5/h1-4,6-7H,5H2;/q+1;-1. The molecular formula is C11H8BF4N3O. The minimum atomic E-state index is -6.00. The summed E-state index contributed by atoms with van der Waals surface area (Å²) < 4.78 is 44.4. The molecule has 0 saturated heterocycles. The third-order valence-electron chi connectivity index (χ3n) is 2.57. The van der Waals surface area contributed by atoms with Gasteiger partial charge in [0.2, 0.25) is 5.39 Å². The molecule has 0 aliphatic carbocycles. The number of hydrogen-bond donors (Lipinski definition) is 0. The molecule has 20 heavy (non-hydrogen) atoms. The highest BCUT2D eigenvalue weighted by Gasteiger charge is 2.27. The van der Waals surface area contributed by atoms with Crippen molar-refractivity contribution in [1.82, 2.24) is 0 Å². The summed E-state index contributed by atoms with van der Waals surface area (Å²) >= 11 is 0. The number of diazo groups is 1. The fourth-order valence-electron chi connectivity index (χ4n) is 1.91. The van der Waals surface area contributed by atoms with Crippen LogP contribution in [0.25, 0.3) is 11.1 Å². The Hall–Kier alpha value is -2.50. The monoisotopic (exact) mass is 285 g/mol. The smallest absolute Gasteiger partial charge is 0.461 e. The average molecular weight is 285 g/mol. The van der Waals surface area contributed by atoms with Crippen LogP contribution in [0, 0.1) is 5.39 Å². The lowest BCUT2D eigenvalue weighted by Crippen LogP contribution is -2.22. The molecule has 1 aromatic carbocycles. The molecule has 0 saturated carbocycles. The van der Waals surface area contributed by atoms with Crippen molar-refractivity contribution in [2.24, 2.45) is 0 Å². The van der Waals surface area contributed by atoms with Crippen molar-refractivity contribution >= 4 is 24.7 Å². The fraction of sp³-hybridized carbons (Fsp3) is 0.0909. The van der Waals surface area contributed by atoms with E-state index in [0.29, 0.717) is 5.69 Å². The van der Waals surface area contributed by atoms with E-state index in [2.05, 4.69) is 9.88 Å². The van der Waals surface area contributed by atoms with E-state index in [4.69, 9.17) is 10.1 Å². The lowest BCUT2D eigenvalue weighted by atomic mass is 10.0. The molecule has 0 aromatic heterocycles. The van der Waals surface area contributed by atoms with Crippen LogP contribution in [0.3, 0.4) is 0 Å². The summed E-state index contributed by atoms with van der Waals surface area (Å²) in [4.78, 5) is 5.32. The maximum Gasteiger partial charge on any atom is 0.673 e. The zero-order chi connectivity index (χ0) is 14.8. The third kappa shape index (κ3) is 3.09. The van der Waals surface area contributed by atoms with Gasteiger partial charge in [-0.05, 0) is 12.1 Å². The molecule has 0 radical (unpaired) electrons. The van der Waals surface area contributed by atoms with E-state index in [1.54, 1.807) is 12.3 Å². The van der Waals surface area contributed by atoms with Crippen molar-refractivity contribution < 1.29 is 22.0 Å². The largest absolute Gasteiger partial charge is 0.673 e. The molecule has 4 nitrogen and oxygen atoms in total. The number of benzene rings is 1. The topological polar surface area (TPSA) is 40.6 Å². The maximum absolute atomic E-state index is 9.75. The second-order valence-corrected chi connectivity index (χ2v) is 3.90. The van der Waals surface area contributed by atoms with Crippen LogP contribution in [0.15, 0.2) is 30.7 Å². The Morgan fingerprint density at radius 2 is 1.95 bits per heavy atom. The van der Waals surface area contributed by atoms with Gasteiger partial charge in [0.05, 0.1) is 11.3 Å². The van der Waals surface area contributed by atoms with Gasteiger partial charge < -0.3 is 26.9 Å². The molecule has 0 amide bonds. The molecule has 0 fully saturated rings. The highest BCUT2D eigenvalue weighted by molar-refractivity contribution is 6.50. The number of halogens is 4. The molecule has 3 rings (SSSR count). The minimum absolute atomic E-state index is 0.564. The lowest BCUT2D eigenvalue weighted by molar-refractivity contribution is 0.368. The first-order chi connectivity index (χ1) is 9.40. The quantitative estimate of drug-likeness (QED) is 0.408. The molecule has 0 N–H and O–H groups in total. The predicted molar refractivity (Wildman–Crippen MR) is 67.5 cm³/mol. The lowest BCUT2D eigenvalue weighted by Gasteiger charge is -2.27. The van der Waals surface area contributed by atoms with Crippen molar-refractivity contribution in [3.63, 3.8) is 0 Å². The van der Waals surface area contributed by atoms with Gasteiger partial charge in [-0.25, -0.2) is 0 Å². The second-order valence-electron chi connectivity index (χ2n) is 3.90. The highest BCUT2D eigenvalue weighted by atomic mass is 19.5. The summed E-state index contributed by atoms with van der Waals surface area (Å²) in [7, 11) is -6.00. The average Bonchev–Trinajstić information content (AvgIpc) is 2.38.